The van der Waals surface area contributed by atoms with Crippen LogP contribution in [0, 0.1) is 0 Å². The number of pyridine rings is 1. The lowest BCUT2D eigenvalue weighted by atomic mass is 9.98. The molecule has 3 heteroatoms. The Hall–Kier alpha value is -1.61. The topological polar surface area (TPSA) is 28.2 Å². The van der Waals surface area contributed by atoms with Gasteiger partial charge in [-0.05, 0) is 56.5 Å². The Bertz CT molecular complexity index is 617. The molecule has 3 nitrogen and oxygen atoms in total. The molecule has 3 heterocycles. The lowest BCUT2D eigenvalue weighted by molar-refractivity contribution is 0.420. The summed E-state index contributed by atoms with van der Waals surface area (Å²) >= 11 is 0. The van der Waals surface area contributed by atoms with E-state index in [9.17, 15) is 0 Å². The van der Waals surface area contributed by atoms with Crippen LogP contribution in [0.4, 0.5) is 5.82 Å². The second kappa shape index (κ2) is 5.06. The number of piperidine rings is 1. The van der Waals surface area contributed by atoms with Gasteiger partial charge in [0.25, 0.3) is 0 Å². The number of fused-ring (bicyclic) bond motifs is 2. The van der Waals surface area contributed by atoms with E-state index < -0.39 is 0 Å². The van der Waals surface area contributed by atoms with Gasteiger partial charge in [-0.1, -0.05) is 18.2 Å². The fourth-order valence-corrected chi connectivity index (χ4v) is 3.60. The van der Waals surface area contributed by atoms with Crippen LogP contribution in [-0.2, 0) is 6.42 Å². The van der Waals surface area contributed by atoms with E-state index in [4.69, 9.17) is 4.98 Å². The molecule has 2 aromatic rings. The Kier molecular flexibility index (Phi) is 3.07. The van der Waals surface area contributed by atoms with Crippen molar-refractivity contribution in [1.82, 2.24) is 10.3 Å². The molecule has 0 spiro atoms. The van der Waals surface area contributed by atoms with Crippen LogP contribution in [0.1, 0.15) is 24.8 Å². The normalized spacial score (nSPS) is 20.1. The van der Waals surface area contributed by atoms with Gasteiger partial charge in [-0.25, -0.2) is 4.98 Å². The van der Waals surface area contributed by atoms with Crippen LogP contribution < -0.4 is 10.2 Å². The minimum Gasteiger partial charge on any atom is -0.353 e. The molecular weight excluding hydrogens is 246 g/mol. The molecular formula is C17H21N3. The third-order valence-electron chi connectivity index (χ3n) is 4.65. The molecule has 0 amide bonds. The number of aryl methyl sites for hydroxylation is 1. The molecule has 1 N–H and O–H groups in total. The molecule has 0 aliphatic carbocycles. The van der Waals surface area contributed by atoms with Gasteiger partial charge in [0, 0.05) is 18.0 Å². The third-order valence-corrected chi connectivity index (χ3v) is 4.65. The maximum Gasteiger partial charge on any atom is 0.132 e. The van der Waals surface area contributed by atoms with Gasteiger partial charge in [0.2, 0.25) is 0 Å². The average molecular weight is 267 g/mol. The first-order valence-electron chi connectivity index (χ1n) is 7.78. The maximum absolute atomic E-state index is 4.98. The highest BCUT2D eigenvalue weighted by Gasteiger charge is 2.26. The summed E-state index contributed by atoms with van der Waals surface area (Å²) < 4.78 is 0. The van der Waals surface area contributed by atoms with E-state index in [0.717, 1.165) is 18.6 Å². The van der Waals surface area contributed by atoms with E-state index in [0.29, 0.717) is 6.04 Å². The lowest BCUT2D eigenvalue weighted by Crippen LogP contribution is -2.45. The maximum atomic E-state index is 4.98. The molecule has 2 aliphatic heterocycles. The molecule has 0 saturated carbocycles. The zero-order valence-electron chi connectivity index (χ0n) is 11.8. The highest BCUT2D eigenvalue weighted by Crippen LogP contribution is 2.31. The fraction of sp³-hybridized carbons (Fsp3) is 0.471. The van der Waals surface area contributed by atoms with Crippen molar-refractivity contribution < 1.29 is 0 Å². The number of hydrogen-bond donors (Lipinski definition) is 1. The second-order valence-electron chi connectivity index (χ2n) is 5.94. The van der Waals surface area contributed by atoms with Gasteiger partial charge in [-0.3, -0.25) is 0 Å². The monoisotopic (exact) mass is 267 g/mol. The molecule has 1 aromatic carbocycles. The Morgan fingerprint density at radius 3 is 2.90 bits per heavy atom. The number of aromatic nitrogens is 1. The number of para-hydroxylation sites is 1. The van der Waals surface area contributed by atoms with Gasteiger partial charge < -0.3 is 10.2 Å². The molecule has 0 atom stereocenters. The number of nitrogens with one attached hydrogen (secondary N) is 1. The van der Waals surface area contributed by atoms with E-state index in [2.05, 4.69) is 40.5 Å². The standard InChI is InChI=1S/C17H21N3/c1-2-6-16-13(4-1)12-14-5-3-11-20(17(14)19-16)15-7-9-18-10-8-15/h1-2,4,6,12,15,18H,3,5,7-11H2. The molecule has 1 saturated heterocycles. The van der Waals surface area contributed by atoms with E-state index in [-0.39, 0.29) is 0 Å². The zero-order valence-corrected chi connectivity index (χ0v) is 11.8. The smallest absolute Gasteiger partial charge is 0.132 e. The van der Waals surface area contributed by atoms with E-state index in [1.54, 1.807) is 0 Å². The molecule has 4 rings (SSSR count). The van der Waals surface area contributed by atoms with Crippen LogP contribution in [0.5, 0.6) is 0 Å². The SMILES string of the molecule is c1ccc2nc3c(cc2c1)CCCN3C1CCNCC1. The second-order valence-corrected chi connectivity index (χ2v) is 5.94. The van der Waals surface area contributed by atoms with Gasteiger partial charge >= 0.3 is 0 Å². The summed E-state index contributed by atoms with van der Waals surface area (Å²) in [5.41, 5.74) is 2.57. The van der Waals surface area contributed by atoms with Crippen molar-refractivity contribution in [3.8, 4) is 0 Å². The number of anilines is 1. The van der Waals surface area contributed by atoms with Crippen molar-refractivity contribution in [3.63, 3.8) is 0 Å². The molecule has 0 radical (unpaired) electrons. The summed E-state index contributed by atoms with van der Waals surface area (Å²) in [4.78, 5) is 7.55. The molecule has 104 valence electrons. The van der Waals surface area contributed by atoms with Crippen molar-refractivity contribution >= 4 is 16.7 Å². The molecule has 1 aromatic heterocycles. The molecule has 0 bridgehead atoms. The van der Waals surface area contributed by atoms with Gasteiger partial charge in [-0.2, -0.15) is 0 Å². The van der Waals surface area contributed by atoms with Crippen molar-refractivity contribution in [2.24, 2.45) is 0 Å². The van der Waals surface area contributed by atoms with Gasteiger partial charge in [0.1, 0.15) is 5.82 Å². The third kappa shape index (κ3) is 2.06. The summed E-state index contributed by atoms with van der Waals surface area (Å²) in [7, 11) is 0. The van der Waals surface area contributed by atoms with Gasteiger partial charge in [0.05, 0.1) is 5.52 Å². The van der Waals surface area contributed by atoms with E-state index in [1.807, 2.05) is 0 Å². The minimum absolute atomic E-state index is 0.670. The molecule has 0 unspecified atom stereocenters. The van der Waals surface area contributed by atoms with Crippen LogP contribution in [0.15, 0.2) is 30.3 Å². The lowest BCUT2D eigenvalue weighted by Gasteiger charge is -2.39. The predicted octanol–water partition coefficient (Wildman–Crippen LogP) is 2.74. The zero-order chi connectivity index (χ0) is 13.4. The summed E-state index contributed by atoms with van der Waals surface area (Å²) in [5, 5.41) is 4.74. The summed E-state index contributed by atoms with van der Waals surface area (Å²) in [6, 6.07) is 11.5. The number of nitrogens with zero attached hydrogens (tertiary/aromatic N) is 2. The van der Waals surface area contributed by atoms with Crippen LogP contribution in [0.25, 0.3) is 10.9 Å². The fourth-order valence-electron chi connectivity index (χ4n) is 3.60. The van der Waals surface area contributed by atoms with Crippen LogP contribution in [-0.4, -0.2) is 30.7 Å². The van der Waals surface area contributed by atoms with Gasteiger partial charge in [-0.15, -0.1) is 0 Å². The molecule has 1 fully saturated rings. The highest BCUT2D eigenvalue weighted by molar-refractivity contribution is 5.82. The van der Waals surface area contributed by atoms with Crippen LogP contribution in [0.3, 0.4) is 0 Å². The van der Waals surface area contributed by atoms with Crippen LogP contribution >= 0.6 is 0 Å². The first-order chi connectivity index (χ1) is 9.92. The Morgan fingerprint density at radius 1 is 1.15 bits per heavy atom. The van der Waals surface area contributed by atoms with Gasteiger partial charge in [0.15, 0.2) is 0 Å². The first kappa shape index (κ1) is 12.2. The van der Waals surface area contributed by atoms with E-state index in [1.165, 1.54) is 49.0 Å². The average Bonchev–Trinajstić information content (AvgIpc) is 2.53. The van der Waals surface area contributed by atoms with Crippen LogP contribution in [0.2, 0.25) is 0 Å². The number of benzene rings is 1. The quantitative estimate of drug-likeness (QED) is 0.861. The number of hydrogen-bond acceptors (Lipinski definition) is 3. The van der Waals surface area contributed by atoms with Crippen molar-refractivity contribution in [1.29, 1.82) is 0 Å². The molecule has 20 heavy (non-hydrogen) atoms. The van der Waals surface area contributed by atoms with E-state index >= 15 is 0 Å². The summed E-state index contributed by atoms with van der Waals surface area (Å²) in [6.07, 6.45) is 4.92. The minimum atomic E-state index is 0.670. The van der Waals surface area contributed by atoms with Crippen molar-refractivity contribution in [2.75, 3.05) is 24.5 Å². The predicted molar refractivity (Wildman–Crippen MR) is 83.3 cm³/mol. The van der Waals surface area contributed by atoms with Crippen molar-refractivity contribution in [2.45, 2.75) is 31.7 Å². The Labute approximate surface area is 120 Å². The summed E-state index contributed by atoms with van der Waals surface area (Å²) in [6.45, 7) is 3.46. The number of rotatable bonds is 1. The Balaban J connectivity index is 1.77. The largest absolute Gasteiger partial charge is 0.353 e. The van der Waals surface area contributed by atoms with Crippen molar-refractivity contribution in [3.05, 3.63) is 35.9 Å². The highest BCUT2D eigenvalue weighted by atomic mass is 15.2. The Morgan fingerprint density at radius 2 is 2.00 bits per heavy atom. The first-order valence-corrected chi connectivity index (χ1v) is 7.78. The molecule has 2 aliphatic rings. The summed E-state index contributed by atoms with van der Waals surface area (Å²) in [5.74, 6) is 1.25.